The van der Waals surface area contributed by atoms with Crippen molar-refractivity contribution in [3.8, 4) is 0 Å². The van der Waals surface area contributed by atoms with Gasteiger partial charge in [0.15, 0.2) is 0 Å². The lowest BCUT2D eigenvalue weighted by atomic mass is 9.82. The summed E-state index contributed by atoms with van der Waals surface area (Å²) in [6.07, 6.45) is 4.79. The van der Waals surface area contributed by atoms with Crippen LogP contribution in [0, 0.1) is 0 Å². The third-order valence-corrected chi connectivity index (χ3v) is 6.01. The second-order valence-corrected chi connectivity index (χ2v) is 7.21. The molecule has 2 N–H and O–H groups in total. The molecule has 3 aliphatic heterocycles. The SMILES string of the molecule is CCC1(N)CN(C2CCOC3(CCSC3)C2)C1. The number of rotatable bonds is 2. The van der Waals surface area contributed by atoms with Crippen molar-refractivity contribution >= 4 is 11.8 Å². The van der Waals surface area contributed by atoms with Crippen molar-refractivity contribution in [2.75, 3.05) is 31.2 Å². The Bertz CT molecular complexity index is 285. The first-order chi connectivity index (χ1) is 8.15. The summed E-state index contributed by atoms with van der Waals surface area (Å²) in [7, 11) is 0. The predicted octanol–water partition coefficient (Wildman–Crippen LogP) is 1.46. The van der Waals surface area contributed by atoms with Crippen LogP contribution in [-0.2, 0) is 4.74 Å². The smallest absolute Gasteiger partial charge is 0.0795 e. The average Bonchev–Trinajstić information content (AvgIpc) is 2.73. The summed E-state index contributed by atoms with van der Waals surface area (Å²) in [4.78, 5) is 2.59. The molecule has 3 aliphatic rings. The molecular weight excluding hydrogens is 232 g/mol. The van der Waals surface area contributed by atoms with Gasteiger partial charge >= 0.3 is 0 Å². The Morgan fingerprint density at radius 3 is 2.94 bits per heavy atom. The molecule has 2 atom stereocenters. The minimum atomic E-state index is 0.107. The van der Waals surface area contributed by atoms with Crippen LogP contribution >= 0.6 is 11.8 Å². The Hall–Kier alpha value is 0.230. The van der Waals surface area contributed by atoms with Gasteiger partial charge in [-0.25, -0.2) is 0 Å². The van der Waals surface area contributed by atoms with E-state index >= 15 is 0 Å². The first-order valence-electron chi connectivity index (χ1n) is 6.89. The zero-order valence-electron chi connectivity index (χ0n) is 10.8. The van der Waals surface area contributed by atoms with E-state index in [2.05, 4.69) is 23.6 Å². The van der Waals surface area contributed by atoms with Gasteiger partial charge in [0, 0.05) is 37.0 Å². The Kier molecular flexibility index (Phi) is 3.18. The molecule has 3 saturated heterocycles. The molecule has 2 unspecified atom stereocenters. The molecule has 0 amide bonds. The number of ether oxygens (including phenoxy) is 1. The highest BCUT2D eigenvalue weighted by molar-refractivity contribution is 7.99. The average molecular weight is 256 g/mol. The number of likely N-dealkylation sites (tertiary alicyclic amines) is 1. The monoisotopic (exact) mass is 256 g/mol. The molecule has 3 fully saturated rings. The molecule has 17 heavy (non-hydrogen) atoms. The minimum Gasteiger partial charge on any atom is -0.374 e. The van der Waals surface area contributed by atoms with Gasteiger partial charge in [0.1, 0.15) is 0 Å². The minimum absolute atomic E-state index is 0.107. The van der Waals surface area contributed by atoms with E-state index in [-0.39, 0.29) is 11.1 Å². The van der Waals surface area contributed by atoms with Gasteiger partial charge in [-0.1, -0.05) is 6.92 Å². The molecule has 3 heterocycles. The van der Waals surface area contributed by atoms with Crippen LogP contribution < -0.4 is 5.73 Å². The van der Waals surface area contributed by atoms with Gasteiger partial charge in [-0.2, -0.15) is 11.8 Å². The van der Waals surface area contributed by atoms with Crippen LogP contribution in [-0.4, -0.2) is 53.3 Å². The lowest BCUT2D eigenvalue weighted by molar-refractivity contribution is -0.109. The Labute approximate surface area is 108 Å². The summed E-state index contributed by atoms with van der Waals surface area (Å²) in [6, 6.07) is 0.727. The molecule has 0 aromatic heterocycles. The third-order valence-electron chi connectivity index (χ3n) is 4.79. The van der Waals surface area contributed by atoms with Crippen LogP contribution in [0.4, 0.5) is 0 Å². The molecule has 0 radical (unpaired) electrons. The third kappa shape index (κ3) is 2.25. The summed E-state index contributed by atoms with van der Waals surface area (Å²) >= 11 is 2.05. The first kappa shape index (κ1) is 12.3. The standard InChI is InChI=1S/C13H24N2OS/c1-2-12(14)8-15(9-12)11-3-5-16-13(7-11)4-6-17-10-13/h11H,2-10,14H2,1H3. The van der Waals surface area contributed by atoms with Gasteiger partial charge in [-0.3, -0.25) is 4.90 Å². The molecular formula is C13H24N2OS. The Morgan fingerprint density at radius 2 is 2.29 bits per heavy atom. The zero-order valence-corrected chi connectivity index (χ0v) is 11.6. The summed E-state index contributed by atoms with van der Waals surface area (Å²) in [5.41, 5.74) is 6.59. The van der Waals surface area contributed by atoms with Gasteiger partial charge in [0.2, 0.25) is 0 Å². The molecule has 4 heteroatoms. The summed E-state index contributed by atoms with van der Waals surface area (Å²) in [5.74, 6) is 2.49. The molecule has 3 nitrogen and oxygen atoms in total. The van der Waals surface area contributed by atoms with Gasteiger partial charge in [0.25, 0.3) is 0 Å². The van der Waals surface area contributed by atoms with E-state index in [0.717, 1.165) is 32.2 Å². The molecule has 0 saturated carbocycles. The lowest BCUT2D eigenvalue weighted by Gasteiger charge is -2.54. The molecule has 0 bridgehead atoms. The Morgan fingerprint density at radius 1 is 1.47 bits per heavy atom. The highest BCUT2D eigenvalue weighted by Crippen LogP contribution is 2.41. The lowest BCUT2D eigenvalue weighted by Crippen LogP contribution is -2.70. The topological polar surface area (TPSA) is 38.5 Å². The second-order valence-electron chi connectivity index (χ2n) is 6.10. The van der Waals surface area contributed by atoms with Crippen molar-refractivity contribution in [1.29, 1.82) is 0 Å². The molecule has 0 aromatic rings. The highest BCUT2D eigenvalue weighted by atomic mass is 32.2. The van der Waals surface area contributed by atoms with Gasteiger partial charge in [-0.05, 0) is 31.4 Å². The zero-order chi connectivity index (χ0) is 11.9. The van der Waals surface area contributed by atoms with Crippen molar-refractivity contribution in [1.82, 2.24) is 4.90 Å². The normalized spacial score (nSPS) is 41.6. The van der Waals surface area contributed by atoms with Crippen LogP contribution in [0.5, 0.6) is 0 Å². The van der Waals surface area contributed by atoms with Crippen molar-refractivity contribution in [2.45, 2.75) is 49.8 Å². The van der Waals surface area contributed by atoms with Gasteiger partial charge in [-0.15, -0.1) is 0 Å². The van der Waals surface area contributed by atoms with E-state index in [1.54, 1.807) is 0 Å². The highest BCUT2D eigenvalue weighted by Gasteiger charge is 2.47. The Balaban J connectivity index is 1.58. The van der Waals surface area contributed by atoms with E-state index in [0.29, 0.717) is 0 Å². The van der Waals surface area contributed by atoms with E-state index in [9.17, 15) is 0 Å². The molecule has 0 aromatic carbocycles. The summed E-state index contributed by atoms with van der Waals surface area (Å²) < 4.78 is 6.07. The quantitative estimate of drug-likeness (QED) is 0.812. The largest absolute Gasteiger partial charge is 0.374 e. The maximum Gasteiger partial charge on any atom is 0.0795 e. The number of hydrogen-bond donors (Lipinski definition) is 1. The van der Waals surface area contributed by atoms with Crippen molar-refractivity contribution in [3.05, 3.63) is 0 Å². The summed E-state index contributed by atoms with van der Waals surface area (Å²) in [5, 5.41) is 0. The maximum atomic E-state index is 6.27. The molecule has 1 spiro atoms. The van der Waals surface area contributed by atoms with Crippen molar-refractivity contribution in [3.63, 3.8) is 0 Å². The van der Waals surface area contributed by atoms with Gasteiger partial charge in [0.05, 0.1) is 5.60 Å². The van der Waals surface area contributed by atoms with E-state index < -0.39 is 0 Å². The number of nitrogens with zero attached hydrogens (tertiary/aromatic N) is 1. The first-order valence-corrected chi connectivity index (χ1v) is 8.05. The number of hydrogen-bond acceptors (Lipinski definition) is 4. The molecule has 98 valence electrons. The predicted molar refractivity (Wildman–Crippen MR) is 72.4 cm³/mol. The molecule has 3 rings (SSSR count). The number of thioether (sulfide) groups is 1. The van der Waals surface area contributed by atoms with Crippen LogP contribution in [0.25, 0.3) is 0 Å². The van der Waals surface area contributed by atoms with E-state index in [1.807, 2.05) is 0 Å². The van der Waals surface area contributed by atoms with Crippen LogP contribution in [0.1, 0.15) is 32.6 Å². The fourth-order valence-corrected chi connectivity index (χ4v) is 4.80. The van der Waals surface area contributed by atoms with Crippen LogP contribution in [0.15, 0.2) is 0 Å². The van der Waals surface area contributed by atoms with Crippen molar-refractivity contribution < 1.29 is 4.74 Å². The van der Waals surface area contributed by atoms with E-state index in [1.165, 1.54) is 30.8 Å². The second kappa shape index (κ2) is 4.41. The number of nitrogens with two attached hydrogens (primary N) is 1. The maximum absolute atomic E-state index is 6.27. The fourth-order valence-electron chi connectivity index (χ4n) is 3.42. The van der Waals surface area contributed by atoms with E-state index in [4.69, 9.17) is 10.5 Å². The van der Waals surface area contributed by atoms with Gasteiger partial charge < -0.3 is 10.5 Å². The fraction of sp³-hybridized carbons (Fsp3) is 1.00. The van der Waals surface area contributed by atoms with Crippen LogP contribution in [0.2, 0.25) is 0 Å². The van der Waals surface area contributed by atoms with Crippen LogP contribution in [0.3, 0.4) is 0 Å². The summed E-state index contributed by atoms with van der Waals surface area (Å²) in [6.45, 7) is 5.34. The molecule has 0 aliphatic carbocycles. The van der Waals surface area contributed by atoms with Crippen molar-refractivity contribution in [2.24, 2.45) is 5.73 Å².